The lowest BCUT2D eigenvalue weighted by Crippen LogP contribution is -2.46. The number of carbonyl (C=O) groups excluding carboxylic acids is 1. The number of ether oxygens (including phenoxy) is 1. The summed E-state index contributed by atoms with van der Waals surface area (Å²) in [6.07, 6.45) is -5.65. The van der Waals surface area contributed by atoms with Gasteiger partial charge in [-0.05, 0) is 0 Å². The summed E-state index contributed by atoms with van der Waals surface area (Å²) in [5.74, 6) is -2.34. The third-order valence-corrected chi connectivity index (χ3v) is 1.89. The number of hydrogen-bond acceptors (Lipinski definition) is 7. The molecule has 0 heterocycles. The molecule has 0 fully saturated rings. The Morgan fingerprint density at radius 1 is 1.31 bits per heavy atom. The first-order valence-corrected chi connectivity index (χ1v) is 4.23. The zero-order valence-corrected chi connectivity index (χ0v) is 8.18. The minimum absolute atomic E-state index is 0.776. The Labute approximate surface area is 90.1 Å². The van der Waals surface area contributed by atoms with E-state index >= 15 is 0 Å². The van der Waals surface area contributed by atoms with E-state index in [0.717, 1.165) is 0 Å². The summed E-state index contributed by atoms with van der Waals surface area (Å²) in [5.41, 5.74) is 0. The zero-order chi connectivity index (χ0) is 12.8. The van der Waals surface area contributed by atoms with Crippen LogP contribution in [0.1, 0.15) is 0 Å². The Hall–Kier alpha value is -0.620. The van der Waals surface area contributed by atoms with Gasteiger partial charge in [0.2, 0.25) is 0 Å². The average Bonchev–Trinajstić information content (AvgIpc) is 2.20. The van der Waals surface area contributed by atoms with Crippen molar-refractivity contribution in [3.8, 4) is 0 Å². The molecule has 0 radical (unpaired) electrons. The molecule has 2 N–H and O–H groups in total. The number of alkyl halides is 4. The number of carbonyl (C=O) groups is 1. The van der Waals surface area contributed by atoms with Crippen molar-refractivity contribution in [3.05, 3.63) is 0 Å². The highest BCUT2D eigenvalue weighted by Crippen LogP contribution is 2.44. The van der Waals surface area contributed by atoms with Gasteiger partial charge in [0.25, 0.3) is 0 Å². The van der Waals surface area contributed by atoms with Crippen molar-refractivity contribution < 1.29 is 46.8 Å². The molecular weight excluding hydrogens is 264 g/mol. The summed E-state index contributed by atoms with van der Waals surface area (Å²) in [5, 5.41) is 13.9. The minimum Gasteiger partial charge on any atom is -0.460 e. The van der Waals surface area contributed by atoms with Crippen LogP contribution in [0.25, 0.3) is 0 Å². The highest BCUT2D eigenvalue weighted by atomic mass is 32.2. The molecule has 16 heavy (non-hydrogen) atoms. The van der Waals surface area contributed by atoms with Gasteiger partial charge in [-0.1, -0.05) is 5.04 Å². The molecule has 6 nitrogen and oxygen atoms in total. The molecule has 0 aliphatic carbocycles. The van der Waals surface area contributed by atoms with E-state index in [-0.39, 0.29) is 0 Å². The van der Waals surface area contributed by atoms with E-state index in [9.17, 15) is 22.4 Å². The van der Waals surface area contributed by atoms with Crippen molar-refractivity contribution in [3.63, 3.8) is 0 Å². The van der Waals surface area contributed by atoms with Gasteiger partial charge in [-0.15, -0.1) is 4.33 Å². The van der Waals surface area contributed by atoms with Crippen LogP contribution in [-0.4, -0.2) is 40.7 Å². The third-order valence-electron chi connectivity index (χ3n) is 1.13. The number of esters is 1. The summed E-state index contributed by atoms with van der Waals surface area (Å²) in [6.45, 7) is -1.59. The van der Waals surface area contributed by atoms with Crippen LogP contribution in [0.15, 0.2) is 0 Å². The summed E-state index contributed by atoms with van der Waals surface area (Å²) in [4.78, 5) is 10.7. The van der Waals surface area contributed by atoms with Crippen LogP contribution in [-0.2, 0) is 18.9 Å². The predicted octanol–water partition coefficient (Wildman–Crippen LogP) is 0.819. The predicted molar refractivity (Wildman–Crippen MR) is 40.3 cm³/mol. The normalized spacial score (nSPS) is 15.6. The second-order valence-corrected chi connectivity index (χ2v) is 3.04. The maximum absolute atomic E-state index is 13.2. The number of halogens is 4. The maximum Gasteiger partial charge on any atom is 0.446 e. The molecule has 1 unspecified atom stereocenters. The van der Waals surface area contributed by atoms with Crippen molar-refractivity contribution in [2.24, 2.45) is 0 Å². The molecule has 0 saturated heterocycles. The van der Waals surface area contributed by atoms with Gasteiger partial charge in [-0.25, -0.2) is 14.4 Å². The molecule has 0 aromatic carbocycles. The fraction of sp³-hybridized carbons (Fsp3) is 0.800. The van der Waals surface area contributed by atoms with Crippen LogP contribution in [0.4, 0.5) is 17.6 Å². The maximum atomic E-state index is 13.2. The molecule has 1 atom stereocenters. The van der Waals surface area contributed by atoms with Crippen molar-refractivity contribution in [1.82, 2.24) is 0 Å². The van der Waals surface area contributed by atoms with Crippen LogP contribution in [0.5, 0.6) is 0 Å². The fourth-order valence-corrected chi connectivity index (χ4v) is 0.836. The molecule has 0 aliphatic heterocycles. The lowest BCUT2D eigenvalue weighted by Gasteiger charge is -2.22. The van der Waals surface area contributed by atoms with Gasteiger partial charge in [-0.3, -0.25) is 0 Å². The molecule has 0 bridgehead atoms. The number of rotatable bonds is 6. The Balaban J connectivity index is 4.71. The Kier molecular flexibility index (Phi) is 5.96. The zero-order valence-electron chi connectivity index (χ0n) is 7.36. The number of aliphatic hydroxyl groups excluding tert-OH is 1. The molecule has 0 aliphatic rings. The van der Waals surface area contributed by atoms with Crippen molar-refractivity contribution in [2.75, 3.05) is 13.2 Å². The number of aliphatic hydroxyl groups is 1. The van der Waals surface area contributed by atoms with Crippen molar-refractivity contribution in [1.29, 1.82) is 0 Å². The number of hydrogen-bond donors (Lipinski definition) is 2. The van der Waals surface area contributed by atoms with E-state index in [2.05, 4.69) is 14.1 Å². The quantitative estimate of drug-likeness (QED) is 0.243. The largest absolute Gasteiger partial charge is 0.460 e. The molecule has 0 aromatic rings. The first-order chi connectivity index (χ1) is 7.29. The van der Waals surface area contributed by atoms with Gasteiger partial charge in [-0.2, -0.15) is 13.2 Å². The first-order valence-electron chi connectivity index (χ1n) is 3.49. The second kappa shape index (κ2) is 6.20. The van der Waals surface area contributed by atoms with E-state index in [0.29, 0.717) is 0 Å². The molecule has 11 heteroatoms. The highest BCUT2D eigenvalue weighted by molar-refractivity contribution is 7.96. The smallest absolute Gasteiger partial charge is 0.446 e. The van der Waals surface area contributed by atoms with E-state index in [1.165, 1.54) is 0 Å². The minimum atomic E-state index is -5.65. The first kappa shape index (κ1) is 15.4. The molecule has 0 rings (SSSR count). The van der Waals surface area contributed by atoms with Gasteiger partial charge in [0.1, 0.15) is 6.61 Å². The lowest BCUT2D eigenvalue weighted by atomic mass is 10.4. The topological polar surface area (TPSA) is 85.2 Å². The van der Waals surface area contributed by atoms with E-state index < -0.39 is 42.4 Å². The van der Waals surface area contributed by atoms with Crippen molar-refractivity contribution >= 4 is 18.0 Å². The van der Waals surface area contributed by atoms with E-state index in [1.54, 1.807) is 0 Å². The lowest BCUT2D eigenvalue weighted by molar-refractivity contribution is -0.433. The van der Waals surface area contributed by atoms with Crippen LogP contribution < -0.4 is 0 Å². The summed E-state index contributed by atoms with van der Waals surface area (Å²) in [6, 6.07) is 0. The van der Waals surface area contributed by atoms with Gasteiger partial charge in [0.15, 0.2) is 0 Å². The van der Waals surface area contributed by atoms with E-state index in [4.69, 9.17) is 10.4 Å². The fourth-order valence-electron chi connectivity index (χ4n) is 0.490. The second-order valence-electron chi connectivity index (χ2n) is 2.18. The van der Waals surface area contributed by atoms with Crippen LogP contribution >= 0.6 is 12.0 Å². The van der Waals surface area contributed by atoms with Crippen LogP contribution in [0.2, 0.25) is 0 Å². The Bertz CT molecular complexity index is 235. The van der Waals surface area contributed by atoms with Crippen LogP contribution in [0.3, 0.4) is 0 Å². The molecular formula is C5H6F4O6S. The van der Waals surface area contributed by atoms with Gasteiger partial charge in [0.05, 0.1) is 18.6 Å². The summed E-state index contributed by atoms with van der Waals surface area (Å²) < 4.78 is 56.6. The molecule has 0 amide bonds. The Morgan fingerprint density at radius 2 is 1.88 bits per heavy atom. The monoisotopic (exact) mass is 270 g/mol. The van der Waals surface area contributed by atoms with E-state index in [1.807, 2.05) is 0 Å². The highest BCUT2D eigenvalue weighted by Gasteiger charge is 2.66. The molecule has 0 saturated carbocycles. The molecule has 96 valence electrons. The average molecular weight is 270 g/mol. The third kappa shape index (κ3) is 3.75. The van der Waals surface area contributed by atoms with Gasteiger partial charge < -0.3 is 9.84 Å². The summed E-state index contributed by atoms with van der Waals surface area (Å²) in [7, 11) is 0. The standard InChI is InChI=1S/C5H6F4O6S/c6-4(5(7,8)9,16-15-14-12)3(11)13-2-1-10/h10,12H,1-2H2. The SMILES string of the molecule is O=C(OCCO)C(F)(SOOO)C(F)(F)F. The van der Waals surface area contributed by atoms with Gasteiger partial charge >= 0.3 is 17.1 Å². The molecule has 0 aromatic heterocycles. The summed E-state index contributed by atoms with van der Waals surface area (Å²) >= 11 is -1.13. The Morgan fingerprint density at radius 3 is 2.25 bits per heavy atom. The molecule has 0 spiro atoms. The van der Waals surface area contributed by atoms with Gasteiger partial charge in [0, 0.05) is 0 Å². The van der Waals surface area contributed by atoms with Crippen LogP contribution in [0, 0.1) is 0 Å². The van der Waals surface area contributed by atoms with Crippen molar-refractivity contribution in [2.45, 2.75) is 11.2 Å².